The van der Waals surface area contributed by atoms with Gasteiger partial charge >= 0.3 is 0 Å². The minimum absolute atomic E-state index is 0.0831. The van der Waals surface area contributed by atoms with Gasteiger partial charge in [-0.05, 0) is 49.6 Å². The van der Waals surface area contributed by atoms with Gasteiger partial charge in [-0.1, -0.05) is 0 Å². The van der Waals surface area contributed by atoms with Crippen LogP contribution in [0.15, 0.2) is 42.6 Å². The minimum atomic E-state index is -0.165. The number of carbonyl (C=O) groups excluding carboxylic acids is 1. The summed E-state index contributed by atoms with van der Waals surface area (Å²) >= 11 is 0. The molecule has 1 aliphatic heterocycles. The molecule has 1 fully saturated rings. The van der Waals surface area contributed by atoms with Crippen LogP contribution in [-0.4, -0.2) is 45.3 Å². The van der Waals surface area contributed by atoms with E-state index in [-0.39, 0.29) is 11.9 Å². The summed E-state index contributed by atoms with van der Waals surface area (Å²) in [5.41, 5.74) is 9.27. The second-order valence-corrected chi connectivity index (χ2v) is 8.87. The van der Waals surface area contributed by atoms with E-state index in [0.29, 0.717) is 24.1 Å². The Hall–Kier alpha value is -3.81. The highest BCUT2D eigenvalue weighted by Gasteiger charge is 2.32. The van der Waals surface area contributed by atoms with Crippen LogP contribution in [0.5, 0.6) is 11.5 Å². The third-order valence-corrected chi connectivity index (χ3v) is 6.84. The molecule has 4 aromatic rings. The fourth-order valence-corrected chi connectivity index (χ4v) is 4.68. The molecule has 1 saturated carbocycles. The number of aryl methyl sites for hydroxylation is 1. The van der Waals surface area contributed by atoms with Crippen LogP contribution in [0.25, 0.3) is 21.8 Å². The number of ether oxygens (including phenoxy) is 2. The first-order chi connectivity index (χ1) is 16.0. The zero-order valence-corrected chi connectivity index (χ0v) is 18.6. The van der Waals surface area contributed by atoms with Gasteiger partial charge in [0.2, 0.25) is 0 Å². The number of anilines is 1. The molecular weight excluding hydrogens is 418 g/mol. The largest absolute Gasteiger partial charge is 0.491 e. The number of nitrogen functional groups attached to an aromatic ring is 1. The molecule has 8 heteroatoms. The van der Waals surface area contributed by atoms with Crippen LogP contribution in [0, 0.1) is 0 Å². The second kappa shape index (κ2) is 7.37. The Kier molecular flexibility index (Phi) is 4.43. The molecule has 0 radical (unpaired) electrons. The Morgan fingerprint density at radius 2 is 2.06 bits per heavy atom. The predicted octanol–water partition coefficient (Wildman–Crippen LogP) is 3.84. The molecule has 2 aromatic carbocycles. The lowest BCUT2D eigenvalue weighted by atomic mass is 9.96. The topological polar surface area (TPSA) is 95.5 Å². The second-order valence-electron chi connectivity index (χ2n) is 8.87. The highest BCUT2D eigenvalue weighted by Crippen LogP contribution is 2.39. The molecule has 33 heavy (non-hydrogen) atoms. The highest BCUT2D eigenvalue weighted by atomic mass is 16.5. The van der Waals surface area contributed by atoms with Crippen molar-refractivity contribution in [2.24, 2.45) is 7.05 Å². The molecule has 3 heterocycles. The number of aromatic nitrogens is 3. The van der Waals surface area contributed by atoms with Gasteiger partial charge in [0.05, 0.1) is 34.8 Å². The number of rotatable bonds is 4. The van der Waals surface area contributed by atoms with Crippen LogP contribution in [0.1, 0.15) is 41.2 Å². The molecule has 1 amide bonds. The van der Waals surface area contributed by atoms with Crippen LogP contribution in [0.4, 0.5) is 5.82 Å². The van der Waals surface area contributed by atoms with Crippen molar-refractivity contribution in [2.75, 3.05) is 19.4 Å². The maximum atomic E-state index is 13.4. The van der Waals surface area contributed by atoms with Gasteiger partial charge in [0.1, 0.15) is 23.9 Å². The molecule has 0 saturated heterocycles. The van der Waals surface area contributed by atoms with Crippen molar-refractivity contribution in [3.8, 4) is 11.5 Å². The summed E-state index contributed by atoms with van der Waals surface area (Å²) in [6.45, 7) is 0.419. The lowest BCUT2D eigenvalue weighted by molar-refractivity contribution is 0.0708. The van der Waals surface area contributed by atoms with Crippen LogP contribution >= 0.6 is 0 Å². The van der Waals surface area contributed by atoms with E-state index in [4.69, 9.17) is 15.2 Å². The standard InChI is InChI=1S/C25H25N5O3/c1-29(21-13-32-22-11-16(7-8-17(21)22)33-15-4-3-5-15)25(31)14-6-9-20-18(10-14)23-19(24(26)28-20)12-27-30(23)2/h6-12,15,21H,3-5,13H2,1-2H3,(H2,26,28)/t21-/m1/s1. The first-order valence-electron chi connectivity index (χ1n) is 11.2. The van der Waals surface area contributed by atoms with Crippen molar-refractivity contribution in [2.45, 2.75) is 31.4 Å². The fourth-order valence-electron chi connectivity index (χ4n) is 4.68. The Labute approximate surface area is 190 Å². The van der Waals surface area contributed by atoms with E-state index in [1.54, 1.807) is 21.8 Å². The lowest BCUT2D eigenvalue weighted by Crippen LogP contribution is -2.32. The number of nitrogens with zero attached hydrogens (tertiary/aromatic N) is 4. The van der Waals surface area contributed by atoms with Crippen molar-refractivity contribution in [3.05, 3.63) is 53.7 Å². The van der Waals surface area contributed by atoms with Gasteiger partial charge in [-0.15, -0.1) is 0 Å². The number of pyridine rings is 1. The molecule has 8 nitrogen and oxygen atoms in total. The van der Waals surface area contributed by atoms with Crippen molar-refractivity contribution in [1.29, 1.82) is 0 Å². The summed E-state index contributed by atoms with van der Waals surface area (Å²) in [7, 11) is 3.67. The van der Waals surface area contributed by atoms with Crippen molar-refractivity contribution < 1.29 is 14.3 Å². The molecule has 168 valence electrons. The van der Waals surface area contributed by atoms with Crippen LogP contribution in [0.2, 0.25) is 0 Å². The van der Waals surface area contributed by atoms with E-state index in [9.17, 15) is 4.79 Å². The number of nitrogens with two attached hydrogens (primary N) is 1. The Bertz CT molecular complexity index is 1410. The zero-order chi connectivity index (χ0) is 22.7. The first-order valence-corrected chi connectivity index (χ1v) is 11.2. The number of hydrogen-bond donors (Lipinski definition) is 1. The van der Waals surface area contributed by atoms with E-state index in [2.05, 4.69) is 10.1 Å². The summed E-state index contributed by atoms with van der Waals surface area (Å²) in [5.74, 6) is 1.96. The quantitative estimate of drug-likeness (QED) is 0.515. The SMILES string of the molecule is CN(C(=O)c1ccc2nc(N)c3cnn(C)c3c2c1)[C@@H]1COc2cc(OC3CCC3)ccc21. The highest BCUT2D eigenvalue weighted by molar-refractivity contribution is 6.10. The van der Waals surface area contributed by atoms with Crippen LogP contribution in [0.3, 0.4) is 0 Å². The molecule has 6 rings (SSSR count). The van der Waals surface area contributed by atoms with E-state index in [1.807, 2.05) is 44.4 Å². The maximum absolute atomic E-state index is 13.4. The van der Waals surface area contributed by atoms with Gasteiger partial charge in [-0.25, -0.2) is 4.98 Å². The summed E-state index contributed by atoms with van der Waals surface area (Å²) in [6, 6.07) is 11.3. The lowest BCUT2D eigenvalue weighted by Gasteiger charge is -2.26. The predicted molar refractivity (Wildman–Crippen MR) is 125 cm³/mol. The number of hydrogen-bond acceptors (Lipinski definition) is 6. The molecule has 2 aliphatic rings. The average molecular weight is 444 g/mol. The Morgan fingerprint density at radius 3 is 2.85 bits per heavy atom. The van der Waals surface area contributed by atoms with Crippen LogP contribution < -0.4 is 15.2 Å². The Balaban J connectivity index is 1.30. The molecule has 0 bridgehead atoms. The third-order valence-electron chi connectivity index (χ3n) is 6.84. The number of likely N-dealkylation sites (N-methyl/N-ethyl adjacent to an activating group) is 1. The van der Waals surface area contributed by atoms with Crippen LogP contribution in [-0.2, 0) is 7.05 Å². The third kappa shape index (κ3) is 3.16. The molecule has 1 atom stereocenters. The van der Waals surface area contributed by atoms with Gasteiger partial charge in [-0.3, -0.25) is 9.48 Å². The minimum Gasteiger partial charge on any atom is -0.491 e. The number of fused-ring (bicyclic) bond motifs is 4. The molecule has 2 aromatic heterocycles. The van der Waals surface area contributed by atoms with Gasteiger partial charge in [-0.2, -0.15) is 5.10 Å². The Morgan fingerprint density at radius 1 is 1.21 bits per heavy atom. The van der Waals surface area contributed by atoms with E-state index >= 15 is 0 Å². The van der Waals surface area contributed by atoms with Gasteiger partial charge in [0.15, 0.2) is 0 Å². The zero-order valence-electron chi connectivity index (χ0n) is 18.6. The maximum Gasteiger partial charge on any atom is 0.254 e. The van der Waals surface area contributed by atoms with E-state index < -0.39 is 0 Å². The van der Waals surface area contributed by atoms with E-state index in [0.717, 1.165) is 51.7 Å². The van der Waals surface area contributed by atoms with Gasteiger partial charge in [0, 0.05) is 36.7 Å². The monoisotopic (exact) mass is 443 g/mol. The number of amides is 1. The molecule has 1 aliphatic carbocycles. The average Bonchev–Trinajstić information content (AvgIpc) is 3.39. The summed E-state index contributed by atoms with van der Waals surface area (Å²) < 4.78 is 13.7. The molecule has 2 N–H and O–H groups in total. The first kappa shape index (κ1) is 19.8. The van der Waals surface area contributed by atoms with Crippen molar-refractivity contribution in [3.63, 3.8) is 0 Å². The summed E-state index contributed by atoms with van der Waals surface area (Å²) in [4.78, 5) is 19.7. The van der Waals surface area contributed by atoms with Gasteiger partial charge < -0.3 is 20.1 Å². The van der Waals surface area contributed by atoms with Crippen molar-refractivity contribution >= 4 is 33.5 Å². The smallest absolute Gasteiger partial charge is 0.254 e. The molecule has 0 spiro atoms. The fraction of sp³-hybridized carbons (Fsp3) is 0.320. The number of carbonyl (C=O) groups is 1. The molecule has 0 unspecified atom stereocenters. The number of benzene rings is 2. The molecular formula is C25H25N5O3. The summed E-state index contributed by atoms with van der Waals surface area (Å²) in [5, 5.41) is 5.94. The summed E-state index contributed by atoms with van der Waals surface area (Å²) in [6.07, 6.45) is 5.46. The normalized spacial score (nSPS) is 17.6. The van der Waals surface area contributed by atoms with E-state index in [1.165, 1.54) is 6.42 Å². The van der Waals surface area contributed by atoms with Gasteiger partial charge in [0.25, 0.3) is 5.91 Å². The van der Waals surface area contributed by atoms with Crippen molar-refractivity contribution in [1.82, 2.24) is 19.7 Å².